The first-order valence-electron chi connectivity index (χ1n) is 4.84. The van der Waals surface area contributed by atoms with Crippen LogP contribution in [0.3, 0.4) is 0 Å². The summed E-state index contributed by atoms with van der Waals surface area (Å²) in [4.78, 5) is 4.43. The van der Waals surface area contributed by atoms with E-state index in [0.29, 0.717) is 6.04 Å². The Balaban J connectivity index is 2.01. The maximum Gasteiger partial charge on any atom is 0.154 e. The zero-order valence-corrected chi connectivity index (χ0v) is 8.83. The molecule has 74 valence electrons. The fraction of sp³-hybridized carbons (Fsp3) is 0.364. The van der Waals surface area contributed by atoms with Gasteiger partial charge in [0, 0.05) is 5.75 Å². The predicted octanol–water partition coefficient (Wildman–Crippen LogP) is 2.05. The van der Waals surface area contributed by atoms with Crippen LogP contribution in [0, 0.1) is 0 Å². The zero-order valence-electron chi connectivity index (χ0n) is 8.02. The van der Waals surface area contributed by atoms with Crippen LogP contribution in [0.25, 0.3) is 0 Å². The van der Waals surface area contributed by atoms with Crippen LogP contribution in [0.4, 0.5) is 0 Å². The van der Waals surface area contributed by atoms with Gasteiger partial charge in [0.05, 0.1) is 6.04 Å². The number of amidine groups is 1. The van der Waals surface area contributed by atoms with Crippen molar-refractivity contribution in [3.63, 3.8) is 0 Å². The van der Waals surface area contributed by atoms with E-state index in [9.17, 15) is 0 Å². The molecule has 1 atom stereocenters. The third-order valence-electron chi connectivity index (χ3n) is 2.32. The lowest BCUT2D eigenvalue weighted by Gasteiger charge is -2.17. The van der Waals surface area contributed by atoms with Gasteiger partial charge in [0.2, 0.25) is 0 Å². The lowest BCUT2D eigenvalue weighted by atomic mass is 10.0. The fourth-order valence-electron chi connectivity index (χ4n) is 1.62. The molecule has 0 unspecified atom stereocenters. The van der Waals surface area contributed by atoms with Gasteiger partial charge < -0.3 is 5.73 Å². The molecule has 1 aliphatic heterocycles. The van der Waals surface area contributed by atoms with Gasteiger partial charge in [-0.05, 0) is 18.4 Å². The van der Waals surface area contributed by atoms with Crippen molar-refractivity contribution < 1.29 is 0 Å². The minimum absolute atomic E-state index is 0.388. The van der Waals surface area contributed by atoms with Crippen molar-refractivity contribution in [2.24, 2.45) is 10.7 Å². The molecule has 0 spiro atoms. The van der Waals surface area contributed by atoms with Crippen LogP contribution in [-0.2, 0) is 6.42 Å². The summed E-state index contributed by atoms with van der Waals surface area (Å²) in [6.07, 6.45) is 2.16. The van der Waals surface area contributed by atoms with Crippen LogP contribution in [0.1, 0.15) is 12.0 Å². The maximum absolute atomic E-state index is 5.69. The summed E-state index contributed by atoms with van der Waals surface area (Å²) in [7, 11) is 0. The molecule has 0 aromatic heterocycles. The van der Waals surface area contributed by atoms with E-state index < -0.39 is 0 Å². The highest BCUT2D eigenvalue weighted by molar-refractivity contribution is 8.13. The van der Waals surface area contributed by atoms with Crippen molar-refractivity contribution in [3.05, 3.63) is 35.9 Å². The Morgan fingerprint density at radius 2 is 2.14 bits per heavy atom. The second kappa shape index (κ2) is 4.51. The summed E-state index contributed by atoms with van der Waals surface area (Å²) in [5.74, 6) is 1.10. The van der Waals surface area contributed by atoms with Crippen molar-refractivity contribution in [3.8, 4) is 0 Å². The van der Waals surface area contributed by atoms with E-state index in [1.165, 1.54) is 5.56 Å². The SMILES string of the molecule is NC1=N[C@@H](Cc2ccccc2)CCS1. The van der Waals surface area contributed by atoms with Crippen LogP contribution in [0.15, 0.2) is 35.3 Å². The van der Waals surface area contributed by atoms with Crippen LogP contribution < -0.4 is 5.73 Å². The smallest absolute Gasteiger partial charge is 0.154 e. The highest BCUT2D eigenvalue weighted by atomic mass is 32.2. The molecule has 0 fully saturated rings. The average Bonchev–Trinajstić information content (AvgIpc) is 2.19. The molecular formula is C11H14N2S. The van der Waals surface area contributed by atoms with Gasteiger partial charge in [0.25, 0.3) is 0 Å². The molecule has 1 heterocycles. The van der Waals surface area contributed by atoms with Crippen molar-refractivity contribution in [1.82, 2.24) is 0 Å². The van der Waals surface area contributed by atoms with E-state index in [1.807, 2.05) is 6.07 Å². The van der Waals surface area contributed by atoms with Crippen LogP contribution in [0.5, 0.6) is 0 Å². The van der Waals surface area contributed by atoms with Gasteiger partial charge in [-0.3, -0.25) is 4.99 Å². The molecular weight excluding hydrogens is 192 g/mol. The number of nitrogens with zero attached hydrogens (tertiary/aromatic N) is 1. The number of aliphatic imine (C=N–C) groups is 1. The summed E-state index contributed by atoms with van der Waals surface area (Å²) in [5, 5.41) is 0.747. The highest BCUT2D eigenvalue weighted by Crippen LogP contribution is 2.18. The van der Waals surface area contributed by atoms with Crippen LogP contribution in [0.2, 0.25) is 0 Å². The van der Waals surface area contributed by atoms with Gasteiger partial charge in [-0.25, -0.2) is 0 Å². The van der Waals surface area contributed by atoms with Gasteiger partial charge in [-0.15, -0.1) is 0 Å². The van der Waals surface area contributed by atoms with E-state index in [0.717, 1.165) is 23.8 Å². The molecule has 14 heavy (non-hydrogen) atoms. The highest BCUT2D eigenvalue weighted by Gasteiger charge is 2.13. The third kappa shape index (κ3) is 2.51. The molecule has 0 saturated heterocycles. The first-order valence-corrected chi connectivity index (χ1v) is 5.83. The molecule has 0 radical (unpaired) electrons. The molecule has 0 aliphatic carbocycles. The summed E-state index contributed by atoms with van der Waals surface area (Å²) in [5.41, 5.74) is 7.04. The number of hydrogen-bond donors (Lipinski definition) is 1. The average molecular weight is 206 g/mol. The summed E-state index contributed by atoms with van der Waals surface area (Å²) in [6, 6.07) is 10.9. The first-order chi connectivity index (χ1) is 6.84. The van der Waals surface area contributed by atoms with Crippen molar-refractivity contribution in [2.75, 3.05) is 5.75 Å². The Bertz CT molecular complexity index is 321. The second-order valence-electron chi connectivity index (χ2n) is 3.45. The summed E-state index contributed by atoms with van der Waals surface area (Å²) < 4.78 is 0. The molecule has 1 aromatic carbocycles. The van der Waals surface area contributed by atoms with Gasteiger partial charge in [-0.1, -0.05) is 42.1 Å². The van der Waals surface area contributed by atoms with Crippen LogP contribution in [-0.4, -0.2) is 17.0 Å². The van der Waals surface area contributed by atoms with Crippen molar-refractivity contribution in [2.45, 2.75) is 18.9 Å². The maximum atomic E-state index is 5.69. The van der Waals surface area contributed by atoms with E-state index >= 15 is 0 Å². The summed E-state index contributed by atoms with van der Waals surface area (Å²) >= 11 is 1.66. The molecule has 2 rings (SSSR count). The van der Waals surface area contributed by atoms with E-state index in [2.05, 4.69) is 29.3 Å². The molecule has 0 amide bonds. The van der Waals surface area contributed by atoms with Gasteiger partial charge >= 0.3 is 0 Å². The molecule has 2 N–H and O–H groups in total. The number of benzene rings is 1. The molecule has 0 saturated carbocycles. The largest absolute Gasteiger partial charge is 0.379 e. The minimum Gasteiger partial charge on any atom is -0.379 e. The topological polar surface area (TPSA) is 38.4 Å². The number of nitrogens with two attached hydrogens (primary N) is 1. The van der Waals surface area contributed by atoms with E-state index in [1.54, 1.807) is 11.8 Å². The van der Waals surface area contributed by atoms with E-state index in [-0.39, 0.29) is 0 Å². The third-order valence-corrected chi connectivity index (χ3v) is 3.17. The Morgan fingerprint density at radius 1 is 1.36 bits per heavy atom. The van der Waals surface area contributed by atoms with Crippen LogP contribution >= 0.6 is 11.8 Å². The molecule has 0 bridgehead atoms. The molecule has 2 nitrogen and oxygen atoms in total. The fourth-order valence-corrected chi connectivity index (χ4v) is 2.44. The normalized spacial score (nSPS) is 21.7. The Labute approximate surface area is 88.6 Å². The molecule has 1 aromatic rings. The number of rotatable bonds is 2. The number of thioether (sulfide) groups is 1. The van der Waals surface area contributed by atoms with Crippen molar-refractivity contribution in [1.29, 1.82) is 0 Å². The lowest BCUT2D eigenvalue weighted by molar-refractivity contribution is 0.651. The molecule has 3 heteroatoms. The van der Waals surface area contributed by atoms with Gasteiger partial charge in [0.15, 0.2) is 5.17 Å². The minimum atomic E-state index is 0.388. The monoisotopic (exact) mass is 206 g/mol. The van der Waals surface area contributed by atoms with E-state index in [4.69, 9.17) is 5.73 Å². The van der Waals surface area contributed by atoms with Crippen molar-refractivity contribution >= 4 is 16.9 Å². The standard InChI is InChI=1S/C11H14N2S/c12-11-13-10(6-7-14-11)8-9-4-2-1-3-5-9/h1-5,10H,6-8H2,(H2,12,13)/t10-/m1/s1. The predicted molar refractivity (Wildman–Crippen MR) is 62.6 cm³/mol. The quantitative estimate of drug-likeness (QED) is 0.804. The Morgan fingerprint density at radius 3 is 2.86 bits per heavy atom. The van der Waals surface area contributed by atoms with Gasteiger partial charge in [0.1, 0.15) is 0 Å². The first kappa shape index (κ1) is 9.59. The lowest BCUT2D eigenvalue weighted by Crippen LogP contribution is -2.21. The van der Waals surface area contributed by atoms with Gasteiger partial charge in [-0.2, -0.15) is 0 Å². The Kier molecular flexibility index (Phi) is 3.09. The molecule has 1 aliphatic rings. The number of hydrogen-bond acceptors (Lipinski definition) is 3. The zero-order chi connectivity index (χ0) is 9.80. The summed E-state index contributed by atoms with van der Waals surface area (Å²) in [6.45, 7) is 0. The second-order valence-corrected chi connectivity index (χ2v) is 4.56. The Hall–Kier alpha value is -0.960.